The average molecular weight is 445 g/mol. The molecule has 0 bridgehead atoms. The van der Waals surface area contributed by atoms with Crippen molar-refractivity contribution in [2.75, 3.05) is 19.7 Å². The molecule has 33 heavy (non-hydrogen) atoms. The van der Waals surface area contributed by atoms with Crippen LogP contribution in [0.4, 0.5) is 9.18 Å². The number of nitrogens with zero attached hydrogens (tertiary/aromatic N) is 1. The molecule has 1 aliphatic carbocycles. The van der Waals surface area contributed by atoms with E-state index < -0.39 is 29.7 Å². The van der Waals surface area contributed by atoms with E-state index in [0.29, 0.717) is 11.1 Å². The quantitative estimate of drug-likeness (QED) is 0.601. The summed E-state index contributed by atoms with van der Waals surface area (Å²) >= 11 is 0. The zero-order valence-corrected chi connectivity index (χ0v) is 18.2. The lowest BCUT2D eigenvalue weighted by Crippen LogP contribution is -2.31. The summed E-state index contributed by atoms with van der Waals surface area (Å²) in [4.78, 5) is 26.3. The number of carbonyl (C=O) groups is 2. The molecule has 2 atom stereocenters. The highest BCUT2D eigenvalue weighted by molar-refractivity contribution is 5.79. The molecular formula is C27H24FNO4. The Bertz CT molecular complexity index is 1170. The lowest BCUT2D eigenvalue weighted by atomic mass is 9.88. The molecule has 5 rings (SSSR count). The van der Waals surface area contributed by atoms with Gasteiger partial charge in [-0.1, -0.05) is 54.6 Å². The monoisotopic (exact) mass is 445 g/mol. The van der Waals surface area contributed by atoms with Crippen LogP contribution in [-0.4, -0.2) is 41.8 Å². The number of likely N-dealkylation sites (tertiary alicyclic amines) is 1. The van der Waals surface area contributed by atoms with Crippen LogP contribution in [-0.2, 0) is 9.53 Å². The molecule has 0 unspecified atom stereocenters. The van der Waals surface area contributed by atoms with E-state index in [-0.39, 0.29) is 25.6 Å². The number of benzene rings is 3. The summed E-state index contributed by atoms with van der Waals surface area (Å²) in [6.07, 6.45) is -0.543. The molecule has 0 aromatic heterocycles. The molecule has 1 aliphatic heterocycles. The van der Waals surface area contributed by atoms with Gasteiger partial charge in [-0.05, 0) is 52.4 Å². The van der Waals surface area contributed by atoms with Gasteiger partial charge >= 0.3 is 12.1 Å². The Hall–Kier alpha value is -3.67. The zero-order valence-electron chi connectivity index (χ0n) is 18.2. The third-order valence-corrected chi connectivity index (χ3v) is 6.72. The fourth-order valence-electron chi connectivity index (χ4n) is 5.20. The van der Waals surface area contributed by atoms with Crippen LogP contribution < -0.4 is 0 Å². The number of amides is 1. The largest absolute Gasteiger partial charge is 0.481 e. The van der Waals surface area contributed by atoms with E-state index in [1.807, 2.05) is 36.4 Å². The number of rotatable bonds is 4. The van der Waals surface area contributed by atoms with Crippen LogP contribution in [0.15, 0.2) is 66.7 Å². The maximum absolute atomic E-state index is 13.9. The van der Waals surface area contributed by atoms with Gasteiger partial charge < -0.3 is 14.7 Å². The number of halogens is 1. The number of carbonyl (C=O) groups excluding carboxylic acids is 1. The first-order valence-electron chi connectivity index (χ1n) is 11.0. The summed E-state index contributed by atoms with van der Waals surface area (Å²) in [5.74, 6) is -2.78. The number of hydrogen-bond acceptors (Lipinski definition) is 3. The van der Waals surface area contributed by atoms with Crippen molar-refractivity contribution in [1.82, 2.24) is 4.90 Å². The van der Waals surface area contributed by atoms with Gasteiger partial charge in [-0.15, -0.1) is 0 Å². The molecule has 0 radical (unpaired) electrons. The molecule has 2 aliphatic rings. The molecule has 0 spiro atoms. The third kappa shape index (κ3) is 3.86. The lowest BCUT2D eigenvalue weighted by Gasteiger charge is -2.19. The highest BCUT2D eigenvalue weighted by Crippen LogP contribution is 2.44. The number of ether oxygens (including phenoxy) is 1. The number of fused-ring (bicyclic) bond motifs is 3. The Kier molecular flexibility index (Phi) is 5.36. The van der Waals surface area contributed by atoms with Gasteiger partial charge in [-0.25, -0.2) is 9.18 Å². The van der Waals surface area contributed by atoms with Crippen molar-refractivity contribution >= 4 is 12.1 Å². The second-order valence-electron chi connectivity index (χ2n) is 8.82. The van der Waals surface area contributed by atoms with Crippen LogP contribution in [0.3, 0.4) is 0 Å². The first-order valence-corrected chi connectivity index (χ1v) is 11.0. The standard InChI is InChI=1S/C27H24FNO4/c1-16-10-17(12-18(28)11-16)23-13-29(14-24(23)26(30)31)27(32)33-15-25-21-8-4-2-6-19(21)20-7-3-5-9-22(20)25/h2-12,23-25H,13-15H2,1H3,(H,30,31)/t23-,24+/m0/s1. The van der Waals surface area contributed by atoms with Crippen molar-refractivity contribution in [1.29, 1.82) is 0 Å². The Balaban J connectivity index is 1.33. The van der Waals surface area contributed by atoms with E-state index in [0.717, 1.165) is 22.3 Å². The van der Waals surface area contributed by atoms with Crippen LogP contribution in [0.5, 0.6) is 0 Å². The number of carboxylic acids is 1. The van der Waals surface area contributed by atoms with Gasteiger partial charge in [0.25, 0.3) is 0 Å². The molecule has 1 fully saturated rings. The van der Waals surface area contributed by atoms with Crippen LogP contribution in [0, 0.1) is 18.7 Å². The second-order valence-corrected chi connectivity index (χ2v) is 8.82. The second kappa shape index (κ2) is 8.35. The minimum Gasteiger partial charge on any atom is -0.481 e. The topological polar surface area (TPSA) is 66.8 Å². The minimum absolute atomic E-state index is 0.0340. The van der Waals surface area contributed by atoms with Gasteiger partial charge in [0.15, 0.2) is 0 Å². The Morgan fingerprint density at radius 1 is 1.00 bits per heavy atom. The van der Waals surface area contributed by atoms with Crippen LogP contribution in [0.2, 0.25) is 0 Å². The van der Waals surface area contributed by atoms with Crippen molar-refractivity contribution < 1.29 is 23.8 Å². The van der Waals surface area contributed by atoms with Gasteiger partial charge in [0, 0.05) is 24.9 Å². The van der Waals surface area contributed by atoms with E-state index in [2.05, 4.69) is 12.1 Å². The fraction of sp³-hybridized carbons (Fsp3) is 0.259. The molecule has 1 saturated heterocycles. The molecule has 1 N–H and O–H groups in total. The van der Waals surface area contributed by atoms with Gasteiger partial charge in [-0.2, -0.15) is 0 Å². The minimum atomic E-state index is -1.00. The predicted octanol–water partition coefficient (Wildman–Crippen LogP) is 5.18. The van der Waals surface area contributed by atoms with E-state index in [1.165, 1.54) is 17.0 Å². The molecule has 168 valence electrons. The highest BCUT2D eigenvalue weighted by Gasteiger charge is 2.41. The summed E-state index contributed by atoms with van der Waals surface area (Å²) in [6, 6.07) is 20.7. The van der Waals surface area contributed by atoms with E-state index in [9.17, 15) is 19.1 Å². The number of hydrogen-bond donors (Lipinski definition) is 1. The van der Waals surface area contributed by atoms with E-state index in [1.54, 1.807) is 13.0 Å². The molecular weight excluding hydrogens is 421 g/mol. The van der Waals surface area contributed by atoms with Crippen LogP contribution in [0.1, 0.15) is 34.1 Å². The van der Waals surface area contributed by atoms with Crippen molar-refractivity contribution in [2.45, 2.75) is 18.8 Å². The first-order chi connectivity index (χ1) is 15.9. The normalized spacial score (nSPS) is 19.3. The smallest absolute Gasteiger partial charge is 0.409 e. The van der Waals surface area contributed by atoms with Crippen molar-refractivity contribution in [3.05, 3.63) is 94.8 Å². The maximum Gasteiger partial charge on any atom is 0.409 e. The van der Waals surface area contributed by atoms with E-state index >= 15 is 0 Å². The lowest BCUT2D eigenvalue weighted by molar-refractivity contribution is -0.141. The van der Waals surface area contributed by atoms with Gasteiger partial charge in [-0.3, -0.25) is 4.79 Å². The summed E-state index contributed by atoms with van der Waals surface area (Å²) in [5.41, 5.74) is 5.82. The zero-order chi connectivity index (χ0) is 23.1. The van der Waals surface area contributed by atoms with Gasteiger partial charge in [0.05, 0.1) is 5.92 Å². The molecule has 1 amide bonds. The number of aryl methyl sites for hydroxylation is 1. The Morgan fingerprint density at radius 3 is 2.24 bits per heavy atom. The summed E-state index contributed by atoms with van der Waals surface area (Å²) in [7, 11) is 0. The Morgan fingerprint density at radius 2 is 1.64 bits per heavy atom. The van der Waals surface area contributed by atoms with Gasteiger partial charge in [0.2, 0.25) is 0 Å². The SMILES string of the molecule is Cc1cc(F)cc([C@@H]2CN(C(=O)OCC3c4ccccc4-c4ccccc43)C[C@H]2C(=O)O)c1. The van der Waals surface area contributed by atoms with Crippen LogP contribution >= 0.6 is 0 Å². The number of carboxylic acid groups (broad SMARTS) is 1. The first kappa shape index (κ1) is 21.2. The third-order valence-electron chi connectivity index (χ3n) is 6.72. The molecule has 0 saturated carbocycles. The predicted molar refractivity (Wildman–Crippen MR) is 122 cm³/mol. The Labute approximate surface area is 191 Å². The molecule has 1 heterocycles. The van der Waals surface area contributed by atoms with Crippen molar-refractivity contribution in [3.63, 3.8) is 0 Å². The van der Waals surface area contributed by atoms with Crippen molar-refractivity contribution in [2.24, 2.45) is 5.92 Å². The molecule has 5 nitrogen and oxygen atoms in total. The molecule has 3 aromatic carbocycles. The highest BCUT2D eigenvalue weighted by atomic mass is 19.1. The molecule has 6 heteroatoms. The number of aliphatic carboxylic acids is 1. The van der Waals surface area contributed by atoms with Gasteiger partial charge in [0.1, 0.15) is 12.4 Å². The summed E-state index contributed by atoms with van der Waals surface area (Å²) in [6.45, 7) is 2.15. The maximum atomic E-state index is 13.9. The summed E-state index contributed by atoms with van der Waals surface area (Å²) < 4.78 is 19.7. The van der Waals surface area contributed by atoms with E-state index in [4.69, 9.17) is 4.74 Å². The van der Waals surface area contributed by atoms with Crippen LogP contribution in [0.25, 0.3) is 11.1 Å². The average Bonchev–Trinajstić information content (AvgIpc) is 3.38. The van der Waals surface area contributed by atoms with Crippen molar-refractivity contribution in [3.8, 4) is 11.1 Å². The molecule has 3 aromatic rings. The summed E-state index contributed by atoms with van der Waals surface area (Å²) in [5, 5.41) is 9.73. The fourth-order valence-corrected chi connectivity index (χ4v) is 5.20.